The summed E-state index contributed by atoms with van der Waals surface area (Å²) in [5.41, 5.74) is 3.55. The van der Waals surface area contributed by atoms with E-state index in [1.807, 2.05) is 31.2 Å². The standard InChI is InChI=1S/C17H21N3O/c1-11-9-15-16(10-11)18-12(2)19-17(15)20(3)13-5-7-14(21-4)8-6-13/h5-8,11,20H,3,9-10H2,1-2,4H3. The summed E-state index contributed by atoms with van der Waals surface area (Å²) in [5, 5.41) is 0. The van der Waals surface area contributed by atoms with Crippen molar-refractivity contribution >= 4 is 11.5 Å². The Kier molecular flexibility index (Phi) is 3.64. The van der Waals surface area contributed by atoms with Gasteiger partial charge in [0.25, 0.3) is 0 Å². The van der Waals surface area contributed by atoms with E-state index >= 15 is 0 Å². The molecular weight excluding hydrogens is 262 g/mol. The molecule has 0 saturated heterocycles. The summed E-state index contributed by atoms with van der Waals surface area (Å²) >= 11 is 0. The van der Waals surface area contributed by atoms with Crippen LogP contribution in [0.1, 0.15) is 24.0 Å². The zero-order valence-electron chi connectivity index (χ0n) is 12.8. The maximum atomic E-state index is 5.21. The van der Waals surface area contributed by atoms with Gasteiger partial charge in [-0.1, -0.05) is 6.92 Å². The molecule has 2 aromatic rings. The first-order chi connectivity index (χ1) is 10.1. The predicted molar refractivity (Wildman–Crippen MR) is 82.0 cm³/mol. The first kappa shape index (κ1) is 14.0. The molecule has 0 saturated carbocycles. The average Bonchev–Trinajstić information content (AvgIpc) is 2.85. The molecule has 3 rings (SSSR count). The van der Waals surface area contributed by atoms with Crippen LogP contribution in [0.25, 0.3) is 0 Å². The summed E-state index contributed by atoms with van der Waals surface area (Å²) < 4.78 is 5.21. The van der Waals surface area contributed by atoms with Crippen molar-refractivity contribution < 1.29 is 9.64 Å². The Labute approximate surface area is 125 Å². The van der Waals surface area contributed by atoms with Gasteiger partial charge in [0.2, 0.25) is 5.82 Å². The number of aromatic nitrogens is 2. The number of nitrogens with zero attached hydrogens (tertiary/aromatic N) is 2. The second-order valence-electron chi connectivity index (χ2n) is 5.77. The predicted octanol–water partition coefficient (Wildman–Crippen LogP) is 2.17. The number of hydrogen-bond acceptors (Lipinski definition) is 3. The van der Waals surface area contributed by atoms with Crippen LogP contribution in [0.2, 0.25) is 0 Å². The molecule has 1 heterocycles. The smallest absolute Gasteiger partial charge is 0.211 e. The molecule has 1 aliphatic carbocycles. The SMILES string of the molecule is [CH2-][NH+](c1ccc(OC)cc1)c1nc(C)nc2c1CC(C)C2. The molecule has 0 radical (unpaired) electrons. The number of nitrogens with one attached hydrogen (secondary N) is 1. The first-order valence-corrected chi connectivity index (χ1v) is 7.28. The Hall–Kier alpha value is -1.94. The second-order valence-corrected chi connectivity index (χ2v) is 5.77. The number of rotatable bonds is 3. The third-order valence-electron chi connectivity index (χ3n) is 4.02. The second kappa shape index (κ2) is 5.45. The van der Waals surface area contributed by atoms with Gasteiger partial charge in [0, 0.05) is 12.1 Å². The van der Waals surface area contributed by atoms with Gasteiger partial charge >= 0.3 is 0 Å². The number of quaternary nitrogens is 1. The van der Waals surface area contributed by atoms with E-state index in [9.17, 15) is 0 Å². The van der Waals surface area contributed by atoms with Crippen molar-refractivity contribution in [2.75, 3.05) is 7.11 Å². The van der Waals surface area contributed by atoms with E-state index in [4.69, 9.17) is 4.74 Å². The van der Waals surface area contributed by atoms with Gasteiger partial charge in [-0.05, 0) is 37.8 Å². The van der Waals surface area contributed by atoms with Crippen LogP contribution in [-0.4, -0.2) is 17.1 Å². The molecule has 1 aliphatic rings. The molecular formula is C17H21N3O. The zero-order chi connectivity index (χ0) is 15.0. The fourth-order valence-corrected chi connectivity index (χ4v) is 2.97. The van der Waals surface area contributed by atoms with Gasteiger partial charge in [0.1, 0.15) is 17.3 Å². The lowest BCUT2D eigenvalue weighted by atomic mass is 10.1. The van der Waals surface area contributed by atoms with E-state index in [0.29, 0.717) is 5.92 Å². The highest BCUT2D eigenvalue weighted by Gasteiger charge is 2.27. The van der Waals surface area contributed by atoms with E-state index in [1.165, 1.54) is 11.3 Å². The van der Waals surface area contributed by atoms with Crippen LogP contribution in [0.5, 0.6) is 5.75 Å². The number of methoxy groups -OCH3 is 1. The molecule has 4 heteroatoms. The number of aryl methyl sites for hydroxylation is 1. The molecule has 0 bridgehead atoms. The van der Waals surface area contributed by atoms with Gasteiger partial charge in [-0.15, -0.1) is 7.05 Å². The van der Waals surface area contributed by atoms with Crippen LogP contribution in [0.15, 0.2) is 24.3 Å². The van der Waals surface area contributed by atoms with Crippen molar-refractivity contribution in [2.45, 2.75) is 26.7 Å². The minimum absolute atomic E-state index is 0.638. The molecule has 0 fully saturated rings. The minimum atomic E-state index is 0.638. The summed E-state index contributed by atoms with van der Waals surface area (Å²) in [7, 11) is 5.94. The van der Waals surface area contributed by atoms with E-state index in [-0.39, 0.29) is 0 Å². The molecule has 1 aromatic carbocycles. The Bertz CT molecular complexity index is 652. The molecule has 2 unspecified atom stereocenters. The van der Waals surface area contributed by atoms with Crippen molar-refractivity contribution in [2.24, 2.45) is 5.92 Å². The van der Waals surface area contributed by atoms with Crippen molar-refractivity contribution in [3.8, 4) is 5.75 Å². The number of fused-ring (bicyclic) bond motifs is 1. The quantitative estimate of drug-likeness (QED) is 0.878. The molecule has 0 amide bonds. The van der Waals surface area contributed by atoms with Crippen LogP contribution in [0, 0.1) is 19.9 Å². The van der Waals surface area contributed by atoms with Crippen LogP contribution in [-0.2, 0) is 12.8 Å². The lowest BCUT2D eigenvalue weighted by Crippen LogP contribution is -2.96. The van der Waals surface area contributed by atoms with Crippen molar-refractivity contribution in [3.05, 3.63) is 48.4 Å². The number of hydrogen-bond donors (Lipinski definition) is 1. The molecule has 21 heavy (non-hydrogen) atoms. The lowest BCUT2D eigenvalue weighted by molar-refractivity contribution is -0.708. The third-order valence-corrected chi connectivity index (χ3v) is 4.02. The topological polar surface area (TPSA) is 39.5 Å². The highest BCUT2D eigenvalue weighted by molar-refractivity contribution is 5.44. The molecule has 2 atom stereocenters. The Balaban J connectivity index is 1.99. The molecule has 0 aliphatic heterocycles. The third kappa shape index (κ3) is 2.63. The van der Waals surface area contributed by atoms with Gasteiger partial charge in [0.15, 0.2) is 0 Å². The molecule has 1 aromatic heterocycles. The lowest BCUT2D eigenvalue weighted by Gasteiger charge is -2.21. The van der Waals surface area contributed by atoms with Crippen LogP contribution < -0.4 is 9.64 Å². The van der Waals surface area contributed by atoms with Crippen LogP contribution in [0.4, 0.5) is 11.5 Å². The van der Waals surface area contributed by atoms with Gasteiger partial charge in [-0.2, -0.15) is 4.98 Å². The fourth-order valence-electron chi connectivity index (χ4n) is 2.97. The van der Waals surface area contributed by atoms with Gasteiger partial charge < -0.3 is 9.64 Å². The summed E-state index contributed by atoms with van der Waals surface area (Å²) in [6, 6.07) is 7.97. The maximum absolute atomic E-state index is 5.21. The fraction of sp³-hybridized carbons (Fsp3) is 0.353. The summed E-state index contributed by atoms with van der Waals surface area (Å²) in [4.78, 5) is 10.2. The largest absolute Gasteiger partial charge is 0.497 e. The van der Waals surface area contributed by atoms with E-state index < -0.39 is 0 Å². The zero-order valence-corrected chi connectivity index (χ0v) is 12.8. The normalized spacial score (nSPS) is 18.4. The van der Waals surface area contributed by atoms with Crippen molar-refractivity contribution in [1.29, 1.82) is 0 Å². The van der Waals surface area contributed by atoms with E-state index in [2.05, 4.69) is 23.9 Å². The number of benzene rings is 1. The molecule has 4 nitrogen and oxygen atoms in total. The maximum Gasteiger partial charge on any atom is 0.211 e. The first-order valence-electron chi connectivity index (χ1n) is 7.28. The monoisotopic (exact) mass is 283 g/mol. The highest BCUT2D eigenvalue weighted by Crippen LogP contribution is 2.29. The molecule has 0 spiro atoms. The van der Waals surface area contributed by atoms with Gasteiger partial charge in [-0.25, -0.2) is 4.98 Å². The Morgan fingerprint density at radius 2 is 1.90 bits per heavy atom. The van der Waals surface area contributed by atoms with Gasteiger partial charge in [0.05, 0.1) is 18.4 Å². The van der Waals surface area contributed by atoms with Crippen molar-refractivity contribution in [1.82, 2.24) is 9.97 Å². The Morgan fingerprint density at radius 1 is 1.19 bits per heavy atom. The summed E-state index contributed by atoms with van der Waals surface area (Å²) in [5.74, 6) is 3.32. The van der Waals surface area contributed by atoms with Crippen molar-refractivity contribution in [3.63, 3.8) is 0 Å². The average molecular weight is 283 g/mol. The van der Waals surface area contributed by atoms with Gasteiger partial charge in [-0.3, -0.25) is 0 Å². The van der Waals surface area contributed by atoms with Crippen LogP contribution >= 0.6 is 0 Å². The molecule has 110 valence electrons. The minimum Gasteiger partial charge on any atom is -0.497 e. The van der Waals surface area contributed by atoms with E-state index in [1.54, 1.807) is 7.11 Å². The highest BCUT2D eigenvalue weighted by atomic mass is 16.5. The van der Waals surface area contributed by atoms with E-state index in [0.717, 1.165) is 40.8 Å². The number of ether oxygens (including phenoxy) is 1. The van der Waals surface area contributed by atoms with Crippen LogP contribution in [0.3, 0.4) is 0 Å². The Morgan fingerprint density at radius 3 is 2.57 bits per heavy atom. The summed E-state index contributed by atoms with van der Waals surface area (Å²) in [6.45, 7) is 4.21. The summed E-state index contributed by atoms with van der Waals surface area (Å²) in [6.07, 6.45) is 2.09. The molecule has 1 N–H and O–H groups in total.